The van der Waals surface area contributed by atoms with E-state index in [-0.39, 0.29) is 11.9 Å². The Morgan fingerprint density at radius 1 is 1.18 bits per heavy atom. The number of hydrogen-bond donors (Lipinski definition) is 1. The van der Waals surface area contributed by atoms with Crippen molar-refractivity contribution in [2.24, 2.45) is 0 Å². The average Bonchev–Trinajstić information content (AvgIpc) is 2.50. The first-order valence-electron chi connectivity index (χ1n) is 7.23. The molecule has 1 atom stereocenters. The number of carbonyl (C=O) groups is 1. The molecule has 0 bridgehead atoms. The molecule has 0 radical (unpaired) electrons. The van der Waals surface area contributed by atoms with Crippen molar-refractivity contribution < 1.29 is 4.79 Å². The lowest BCUT2D eigenvalue weighted by molar-refractivity contribution is -0.119. The Bertz CT molecular complexity index is 627. The first-order valence-corrected chi connectivity index (χ1v) is 8.76. The molecule has 0 aliphatic heterocycles. The minimum atomic E-state index is -0.0103. The van der Waals surface area contributed by atoms with Crippen LogP contribution >= 0.6 is 23.4 Å². The SMILES string of the molecule is Cc1ccccc1CSCC(=O)N[C@H](C)c1ccc(Cl)cc1. The van der Waals surface area contributed by atoms with Gasteiger partial charge < -0.3 is 5.32 Å². The predicted molar refractivity (Wildman–Crippen MR) is 95.4 cm³/mol. The van der Waals surface area contributed by atoms with Crippen molar-refractivity contribution in [2.45, 2.75) is 25.6 Å². The zero-order valence-corrected chi connectivity index (χ0v) is 14.4. The molecule has 1 N–H and O–H groups in total. The molecule has 0 saturated heterocycles. The van der Waals surface area contributed by atoms with Gasteiger partial charge in [-0.05, 0) is 42.7 Å². The Kier molecular flexibility index (Phi) is 6.34. The molecule has 2 nitrogen and oxygen atoms in total. The van der Waals surface area contributed by atoms with Crippen molar-refractivity contribution in [2.75, 3.05) is 5.75 Å². The number of nitrogens with one attached hydrogen (secondary N) is 1. The molecule has 22 heavy (non-hydrogen) atoms. The number of thioether (sulfide) groups is 1. The van der Waals surface area contributed by atoms with Gasteiger partial charge in [0, 0.05) is 10.8 Å². The molecule has 2 aromatic carbocycles. The van der Waals surface area contributed by atoms with Gasteiger partial charge in [-0.15, -0.1) is 11.8 Å². The largest absolute Gasteiger partial charge is 0.349 e. The van der Waals surface area contributed by atoms with Crippen LogP contribution in [0.5, 0.6) is 0 Å². The van der Waals surface area contributed by atoms with Gasteiger partial charge >= 0.3 is 0 Å². The lowest BCUT2D eigenvalue weighted by Crippen LogP contribution is -2.28. The molecular formula is C18H20ClNOS. The molecule has 2 rings (SSSR count). The highest BCUT2D eigenvalue weighted by Gasteiger charge is 2.09. The van der Waals surface area contributed by atoms with Crippen LogP contribution in [0.4, 0.5) is 0 Å². The molecule has 0 aromatic heterocycles. The average molecular weight is 334 g/mol. The van der Waals surface area contributed by atoms with Crippen LogP contribution in [0.25, 0.3) is 0 Å². The highest BCUT2D eigenvalue weighted by molar-refractivity contribution is 7.99. The molecule has 2 aromatic rings. The predicted octanol–water partition coefficient (Wildman–Crippen LogP) is 4.76. The summed E-state index contributed by atoms with van der Waals surface area (Å²) in [6.45, 7) is 4.08. The molecule has 0 aliphatic carbocycles. The molecule has 0 spiro atoms. The Morgan fingerprint density at radius 2 is 1.86 bits per heavy atom. The third-order valence-electron chi connectivity index (χ3n) is 3.50. The van der Waals surface area contributed by atoms with Crippen LogP contribution < -0.4 is 5.32 Å². The molecular weight excluding hydrogens is 314 g/mol. The van der Waals surface area contributed by atoms with E-state index in [1.165, 1.54) is 11.1 Å². The number of carbonyl (C=O) groups excluding carboxylic acids is 1. The van der Waals surface area contributed by atoms with Crippen molar-refractivity contribution in [1.29, 1.82) is 0 Å². The second-order valence-corrected chi connectivity index (χ2v) is 6.68. The number of hydrogen-bond acceptors (Lipinski definition) is 2. The first kappa shape index (κ1) is 16.9. The van der Waals surface area contributed by atoms with Gasteiger partial charge in [-0.25, -0.2) is 0 Å². The van der Waals surface area contributed by atoms with Crippen LogP contribution in [0.1, 0.15) is 29.7 Å². The zero-order chi connectivity index (χ0) is 15.9. The van der Waals surface area contributed by atoms with E-state index >= 15 is 0 Å². The Balaban J connectivity index is 1.78. The summed E-state index contributed by atoms with van der Waals surface area (Å²) in [6.07, 6.45) is 0. The van der Waals surface area contributed by atoms with Crippen LogP contribution in [-0.2, 0) is 10.5 Å². The van der Waals surface area contributed by atoms with Crippen molar-refractivity contribution >= 4 is 29.3 Å². The molecule has 0 aliphatic rings. The maximum Gasteiger partial charge on any atom is 0.230 e. The lowest BCUT2D eigenvalue weighted by atomic mass is 10.1. The fourth-order valence-corrected chi connectivity index (χ4v) is 3.18. The Labute approximate surface area is 141 Å². The van der Waals surface area contributed by atoms with Gasteiger partial charge in [0.15, 0.2) is 0 Å². The molecule has 0 unspecified atom stereocenters. The van der Waals surface area contributed by atoms with Crippen LogP contribution in [0, 0.1) is 6.92 Å². The quantitative estimate of drug-likeness (QED) is 0.825. The third kappa shape index (κ3) is 5.08. The number of benzene rings is 2. The second-order valence-electron chi connectivity index (χ2n) is 5.26. The molecule has 0 saturated carbocycles. The van der Waals surface area contributed by atoms with E-state index in [4.69, 9.17) is 11.6 Å². The van der Waals surface area contributed by atoms with Gasteiger partial charge in [-0.1, -0.05) is 48.0 Å². The van der Waals surface area contributed by atoms with E-state index in [0.717, 1.165) is 11.3 Å². The minimum absolute atomic E-state index is 0.0103. The van der Waals surface area contributed by atoms with Crippen molar-refractivity contribution in [1.82, 2.24) is 5.32 Å². The Hall–Kier alpha value is -1.45. The third-order valence-corrected chi connectivity index (χ3v) is 4.73. The highest BCUT2D eigenvalue weighted by Crippen LogP contribution is 2.18. The summed E-state index contributed by atoms with van der Waals surface area (Å²) in [5.41, 5.74) is 3.61. The smallest absolute Gasteiger partial charge is 0.230 e. The molecule has 4 heteroatoms. The Morgan fingerprint density at radius 3 is 2.55 bits per heavy atom. The van der Waals surface area contributed by atoms with Crippen molar-refractivity contribution in [3.05, 3.63) is 70.2 Å². The summed E-state index contributed by atoms with van der Waals surface area (Å²) in [5.74, 6) is 1.38. The molecule has 0 heterocycles. The topological polar surface area (TPSA) is 29.1 Å². The van der Waals surface area contributed by atoms with Crippen LogP contribution in [-0.4, -0.2) is 11.7 Å². The number of aryl methyl sites for hydroxylation is 1. The van der Waals surface area contributed by atoms with Crippen molar-refractivity contribution in [3.8, 4) is 0 Å². The maximum atomic E-state index is 12.0. The number of rotatable bonds is 6. The summed E-state index contributed by atoms with van der Waals surface area (Å²) in [7, 11) is 0. The van der Waals surface area contributed by atoms with E-state index in [2.05, 4.69) is 24.4 Å². The van der Waals surface area contributed by atoms with E-state index < -0.39 is 0 Å². The second kappa shape index (κ2) is 8.25. The van der Waals surface area contributed by atoms with Gasteiger partial charge in [-0.3, -0.25) is 4.79 Å². The standard InChI is InChI=1S/C18H20ClNOS/c1-13-5-3-4-6-16(13)11-22-12-18(21)20-14(2)15-7-9-17(19)10-8-15/h3-10,14H,11-12H2,1-2H3,(H,20,21)/t14-/m1/s1. The summed E-state index contributed by atoms with van der Waals surface area (Å²) >= 11 is 7.51. The van der Waals surface area contributed by atoms with E-state index in [9.17, 15) is 4.79 Å². The van der Waals surface area contributed by atoms with Gasteiger partial charge in [0.2, 0.25) is 5.91 Å². The van der Waals surface area contributed by atoms with Crippen molar-refractivity contribution in [3.63, 3.8) is 0 Å². The van der Waals surface area contributed by atoms with Gasteiger partial charge in [0.25, 0.3) is 0 Å². The fourth-order valence-electron chi connectivity index (χ4n) is 2.14. The minimum Gasteiger partial charge on any atom is -0.349 e. The fraction of sp³-hybridized carbons (Fsp3) is 0.278. The zero-order valence-electron chi connectivity index (χ0n) is 12.8. The highest BCUT2D eigenvalue weighted by atomic mass is 35.5. The maximum absolute atomic E-state index is 12.0. The van der Waals surface area contributed by atoms with Crippen LogP contribution in [0.3, 0.4) is 0 Å². The normalized spacial score (nSPS) is 12.0. The lowest BCUT2D eigenvalue weighted by Gasteiger charge is -2.14. The first-order chi connectivity index (χ1) is 10.6. The summed E-state index contributed by atoms with van der Waals surface area (Å²) in [6, 6.07) is 15.8. The summed E-state index contributed by atoms with van der Waals surface area (Å²) < 4.78 is 0. The van der Waals surface area contributed by atoms with Crippen LogP contribution in [0.15, 0.2) is 48.5 Å². The van der Waals surface area contributed by atoms with E-state index in [1.807, 2.05) is 43.3 Å². The van der Waals surface area contributed by atoms with Crippen LogP contribution in [0.2, 0.25) is 5.02 Å². The van der Waals surface area contributed by atoms with Gasteiger partial charge in [0.1, 0.15) is 0 Å². The monoisotopic (exact) mass is 333 g/mol. The van der Waals surface area contributed by atoms with Gasteiger partial charge in [-0.2, -0.15) is 0 Å². The molecule has 116 valence electrons. The summed E-state index contributed by atoms with van der Waals surface area (Å²) in [4.78, 5) is 12.0. The van der Waals surface area contributed by atoms with E-state index in [1.54, 1.807) is 11.8 Å². The molecule has 1 amide bonds. The molecule has 0 fully saturated rings. The summed E-state index contributed by atoms with van der Waals surface area (Å²) in [5, 5.41) is 3.72. The van der Waals surface area contributed by atoms with Gasteiger partial charge in [0.05, 0.1) is 11.8 Å². The number of amides is 1. The number of halogens is 1. The van der Waals surface area contributed by atoms with E-state index in [0.29, 0.717) is 10.8 Å².